The van der Waals surface area contributed by atoms with Gasteiger partial charge in [0.05, 0.1) is 0 Å². The second-order valence-corrected chi connectivity index (χ2v) is 9.85. The number of carbonyl (C=O) groups is 3. The van der Waals surface area contributed by atoms with E-state index in [1.165, 1.54) is 6.92 Å². The minimum absolute atomic E-state index is 0.0738. The molecule has 0 unspecified atom stereocenters. The number of Topliss-reactive ketones (excluding diaryl/α,β-unsaturated/α-hetero) is 1. The molecule has 0 aromatic rings. The third kappa shape index (κ3) is 2.39. The van der Waals surface area contributed by atoms with Crippen molar-refractivity contribution in [1.29, 1.82) is 0 Å². The van der Waals surface area contributed by atoms with Crippen LogP contribution in [0.15, 0.2) is 23.3 Å². The lowest BCUT2D eigenvalue weighted by atomic mass is 9.47. The van der Waals surface area contributed by atoms with Crippen LogP contribution in [-0.4, -0.2) is 23.1 Å². The van der Waals surface area contributed by atoms with Gasteiger partial charge in [-0.15, -0.1) is 0 Å². The summed E-state index contributed by atoms with van der Waals surface area (Å²) in [6.45, 7) is 4.87. The smallest absolute Gasteiger partial charge is 0.303 e. The first kappa shape index (κ1) is 16.1. The second-order valence-electron chi connectivity index (χ2n) is 9.85. The Kier molecular flexibility index (Phi) is 3.54. The van der Waals surface area contributed by atoms with E-state index in [2.05, 4.69) is 19.9 Å². The molecule has 4 nitrogen and oxygen atoms in total. The standard InChI is InChI=1S/C24H32O4/c1-14-12-18-19(22(4)9-6-17(27)13-21(14)22)7-10-23(5)20(18)8-11-24(23,15(2)25)28-16(3)26/h12-13,18-20H,6-11H2,1-5H3/t18-,19+,20+,22-,23+,24+/m1/s1/i3D3. The fourth-order valence-corrected chi connectivity index (χ4v) is 7.39. The zero-order valence-electron chi connectivity index (χ0n) is 20.3. The van der Waals surface area contributed by atoms with E-state index in [1.54, 1.807) is 0 Å². The van der Waals surface area contributed by atoms with Gasteiger partial charge in [0, 0.05) is 22.8 Å². The Bertz CT molecular complexity index is 916. The number of esters is 1. The van der Waals surface area contributed by atoms with Crippen LogP contribution in [0, 0.1) is 28.6 Å². The van der Waals surface area contributed by atoms with Crippen molar-refractivity contribution in [1.82, 2.24) is 0 Å². The van der Waals surface area contributed by atoms with Gasteiger partial charge in [0.2, 0.25) is 0 Å². The Labute approximate surface area is 172 Å². The van der Waals surface area contributed by atoms with E-state index in [-0.39, 0.29) is 28.8 Å². The first-order valence-electron chi connectivity index (χ1n) is 11.9. The zero-order chi connectivity index (χ0) is 23.0. The summed E-state index contributed by atoms with van der Waals surface area (Å²) in [5.41, 5.74) is 0.198. The minimum atomic E-state index is -2.89. The van der Waals surface area contributed by atoms with Crippen molar-refractivity contribution < 1.29 is 23.2 Å². The SMILES string of the molecule is [2H]C([2H])([2H])C(=O)O[C@]1(C(C)=O)CC[C@H]2[C@@H]3C=C(C)C4=CC(=O)CC[C@]4(C)[C@H]3CC[C@@]21C. The van der Waals surface area contributed by atoms with Gasteiger partial charge in [-0.3, -0.25) is 14.4 Å². The van der Waals surface area contributed by atoms with Crippen molar-refractivity contribution >= 4 is 17.5 Å². The summed E-state index contributed by atoms with van der Waals surface area (Å²) in [5, 5.41) is 0. The van der Waals surface area contributed by atoms with Gasteiger partial charge in [0.1, 0.15) is 0 Å². The summed E-state index contributed by atoms with van der Waals surface area (Å²) >= 11 is 0. The topological polar surface area (TPSA) is 60.4 Å². The van der Waals surface area contributed by atoms with E-state index in [0.717, 1.165) is 24.0 Å². The summed E-state index contributed by atoms with van der Waals surface area (Å²) in [7, 11) is 0. The summed E-state index contributed by atoms with van der Waals surface area (Å²) in [5.74, 6) is -0.681. The molecule has 0 amide bonds. The molecule has 4 aliphatic carbocycles. The van der Waals surface area contributed by atoms with Crippen LogP contribution in [0.3, 0.4) is 0 Å². The number of carbonyl (C=O) groups excluding carboxylic acids is 3. The van der Waals surface area contributed by atoms with Gasteiger partial charge in [0.25, 0.3) is 0 Å². The van der Waals surface area contributed by atoms with Gasteiger partial charge >= 0.3 is 5.97 Å². The third-order valence-electron chi connectivity index (χ3n) is 8.78. The van der Waals surface area contributed by atoms with Crippen LogP contribution in [0.25, 0.3) is 0 Å². The summed E-state index contributed by atoms with van der Waals surface area (Å²) in [6.07, 6.45) is 8.10. The van der Waals surface area contributed by atoms with E-state index in [9.17, 15) is 14.4 Å². The van der Waals surface area contributed by atoms with Crippen molar-refractivity contribution in [3.63, 3.8) is 0 Å². The van der Waals surface area contributed by atoms with Crippen LogP contribution in [0.4, 0.5) is 0 Å². The van der Waals surface area contributed by atoms with Gasteiger partial charge in [-0.25, -0.2) is 0 Å². The van der Waals surface area contributed by atoms with Crippen LogP contribution in [0.5, 0.6) is 0 Å². The number of hydrogen-bond acceptors (Lipinski definition) is 4. The molecule has 0 N–H and O–H groups in total. The Morgan fingerprint density at radius 1 is 1.18 bits per heavy atom. The molecule has 0 bridgehead atoms. The summed E-state index contributed by atoms with van der Waals surface area (Å²) in [4.78, 5) is 37.4. The average Bonchev–Trinajstić information content (AvgIpc) is 2.96. The minimum Gasteiger partial charge on any atom is -0.451 e. The Balaban J connectivity index is 1.76. The molecule has 0 heterocycles. The molecule has 0 spiro atoms. The van der Waals surface area contributed by atoms with Crippen molar-refractivity contribution in [2.45, 2.75) is 78.7 Å². The van der Waals surface area contributed by atoms with Crippen LogP contribution >= 0.6 is 0 Å². The Hall–Kier alpha value is -1.71. The van der Waals surface area contributed by atoms with E-state index < -0.39 is 23.8 Å². The molecular formula is C24H32O4. The van der Waals surface area contributed by atoms with Crippen molar-refractivity contribution in [3.05, 3.63) is 23.3 Å². The molecule has 152 valence electrons. The first-order valence-corrected chi connectivity index (χ1v) is 10.4. The number of hydrogen-bond donors (Lipinski definition) is 0. The highest BCUT2D eigenvalue weighted by Gasteiger charge is 2.67. The highest BCUT2D eigenvalue weighted by molar-refractivity contribution is 5.92. The summed E-state index contributed by atoms with van der Waals surface area (Å²) < 4.78 is 28.0. The van der Waals surface area contributed by atoms with Gasteiger partial charge in [-0.1, -0.05) is 25.5 Å². The van der Waals surface area contributed by atoms with Crippen molar-refractivity contribution in [2.75, 3.05) is 0 Å². The molecule has 4 aliphatic rings. The van der Waals surface area contributed by atoms with Crippen molar-refractivity contribution in [2.24, 2.45) is 28.6 Å². The number of ether oxygens (including phenoxy) is 1. The maximum absolute atomic E-state index is 12.9. The monoisotopic (exact) mass is 387 g/mol. The largest absolute Gasteiger partial charge is 0.451 e. The van der Waals surface area contributed by atoms with Gasteiger partial charge < -0.3 is 4.74 Å². The molecule has 0 radical (unpaired) electrons. The molecule has 28 heavy (non-hydrogen) atoms. The second kappa shape index (κ2) is 6.14. The Morgan fingerprint density at radius 2 is 1.89 bits per heavy atom. The molecule has 6 atom stereocenters. The lowest BCUT2D eigenvalue weighted by molar-refractivity contribution is -0.185. The number of allylic oxidation sites excluding steroid dienone is 4. The molecule has 0 aliphatic heterocycles. The Morgan fingerprint density at radius 3 is 2.57 bits per heavy atom. The van der Waals surface area contributed by atoms with Gasteiger partial charge in [-0.05, 0) is 80.8 Å². The normalized spacial score (nSPS) is 46.6. The maximum Gasteiger partial charge on any atom is 0.303 e. The molecule has 4 rings (SSSR count). The highest BCUT2D eigenvalue weighted by Crippen LogP contribution is 2.67. The van der Waals surface area contributed by atoms with Gasteiger partial charge in [-0.2, -0.15) is 0 Å². The maximum atomic E-state index is 12.9. The van der Waals surface area contributed by atoms with Crippen LogP contribution < -0.4 is 0 Å². The number of rotatable bonds is 2. The molecule has 2 saturated carbocycles. The quantitative estimate of drug-likeness (QED) is 0.651. The van der Waals surface area contributed by atoms with E-state index in [1.807, 2.05) is 13.0 Å². The molecule has 0 aromatic heterocycles. The predicted octanol–water partition coefficient (Wildman–Crippen LogP) is 4.58. The molecule has 0 saturated heterocycles. The van der Waals surface area contributed by atoms with E-state index in [4.69, 9.17) is 8.85 Å². The molecular weight excluding hydrogens is 352 g/mol. The number of fused-ring (bicyclic) bond motifs is 5. The molecule has 4 heteroatoms. The van der Waals surface area contributed by atoms with Crippen LogP contribution in [0.1, 0.15) is 77.2 Å². The lowest BCUT2D eigenvalue weighted by Crippen LogP contribution is -2.58. The fraction of sp³-hybridized carbons (Fsp3) is 0.708. The number of ketones is 2. The van der Waals surface area contributed by atoms with Crippen LogP contribution in [0.2, 0.25) is 0 Å². The van der Waals surface area contributed by atoms with E-state index >= 15 is 0 Å². The lowest BCUT2D eigenvalue weighted by Gasteiger charge is -2.58. The first-order chi connectivity index (χ1) is 14.3. The van der Waals surface area contributed by atoms with E-state index in [0.29, 0.717) is 31.6 Å². The van der Waals surface area contributed by atoms with Crippen LogP contribution in [-0.2, 0) is 19.1 Å². The average molecular weight is 388 g/mol. The zero-order valence-corrected chi connectivity index (χ0v) is 17.3. The summed E-state index contributed by atoms with van der Waals surface area (Å²) in [6, 6.07) is 0. The molecule has 0 aromatic carbocycles. The highest BCUT2D eigenvalue weighted by atomic mass is 16.6. The molecule has 2 fully saturated rings. The van der Waals surface area contributed by atoms with Gasteiger partial charge in [0.15, 0.2) is 17.2 Å². The third-order valence-corrected chi connectivity index (χ3v) is 8.78. The predicted molar refractivity (Wildman–Crippen MR) is 106 cm³/mol. The fourth-order valence-electron chi connectivity index (χ4n) is 7.39. The van der Waals surface area contributed by atoms with Crippen molar-refractivity contribution in [3.8, 4) is 0 Å².